The van der Waals surface area contributed by atoms with Gasteiger partial charge >= 0.3 is 0 Å². The van der Waals surface area contributed by atoms with Gasteiger partial charge in [0.15, 0.2) is 0 Å². The highest BCUT2D eigenvalue weighted by atomic mass is 15.0. The van der Waals surface area contributed by atoms with Crippen LogP contribution in [0.5, 0.6) is 0 Å². The third kappa shape index (κ3) is 2.35. The van der Waals surface area contributed by atoms with Gasteiger partial charge in [-0.25, -0.2) is 0 Å². The Kier molecular flexibility index (Phi) is 2.88. The topological polar surface area (TPSA) is 3.24 Å². The molecule has 1 heteroatoms. The molecule has 0 N–H and O–H groups in total. The van der Waals surface area contributed by atoms with Crippen LogP contribution in [-0.4, -0.2) is 19.0 Å². The van der Waals surface area contributed by atoms with Crippen LogP contribution in [0.3, 0.4) is 0 Å². The van der Waals surface area contributed by atoms with Crippen LogP contribution in [0.2, 0.25) is 0 Å². The molecular weight excluding hydrogens is 146 g/mol. The summed E-state index contributed by atoms with van der Waals surface area (Å²) in [7, 11) is 4.18. The van der Waals surface area contributed by atoms with E-state index in [1.807, 2.05) is 0 Å². The number of nitrogens with zero attached hydrogens (tertiary/aromatic N) is 1. The monoisotopic (exact) mass is 163 g/mol. The molecule has 0 amide bonds. The van der Waals surface area contributed by atoms with Crippen molar-refractivity contribution in [2.75, 3.05) is 14.1 Å². The Labute approximate surface area is 75.0 Å². The van der Waals surface area contributed by atoms with Crippen LogP contribution >= 0.6 is 0 Å². The van der Waals surface area contributed by atoms with E-state index in [0.717, 1.165) is 6.54 Å². The lowest BCUT2D eigenvalue weighted by atomic mass is 10.1. The first kappa shape index (κ1) is 9.27. The van der Waals surface area contributed by atoms with E-state index in [2.05, 4.69) is 51.0 Å². The number of hydrogen-bond acceptors (Lipinski definition) is 1. The van der Waals surface area contributed by atoms with Crippen molar-refractivity contribution in [1.29, 1.82) is 0 Å². The summed E-state index contributed by atoms with van der Waals surface area (Å²) in [6.07, 6.45) is 0. The maximum absolute atomic E-state index is 2.26. The Morgan fingerprint density at radius 1 is 1.08 bits per heavy atom. The second kappa shape index (κ2) is 3.72. The smallest absolute Gasteiger partial charge is 0.0227 e. The second-order valence-corrected chi connectivity index (χ2v) is 3.66. The third-order valence-electron chi connectivity index (χ3n) is 2.07. The maximum atomic E-state index is 2.26. The van der Waals surface area contributed by atoms with Gasteiger partial charge in [-0.15, -0.1) is 0 Å². The molecule has 0 unspecified atom stereocenters. The van der Waals surface area contributed by atoms with Gasteiger partial charge in [-0.1, -0.05) is 18.2 Å². The molecule has 0 aliphatic carbocycles. The molecule has 0 atom stereocenters. The predicted octanol–water partition coefficient (Wildman–Crippen LogP) is 2.37. The summed E-state index contributed by atoms with van der Waals surface area (Å²) in [5.41, 5.74) is 4.15. The van der Waals surface area contributed by atoms with Gasteiger partial charge in [0, 0.05) is 6.54 Å². The average molecular weight is 163 g/mol. The summed E-state index contributed by atoms with van der Waals surface area (Å²) in [6, 6.07) is 6.64. The predicted molar refractivity (Wildman–Crippen MR) is 53.3 cm³/mol. The molecule has 0 aliphatic heterocycles. The highest BCUT2D eigenvalue weighted by Crippen LogP contribution is 2.10. The number of benzene rings is 1. The van der Waals surface area contributed by atoms with Crippen LogP contribution in [0, 0.1) is 13.8 Å². The molecule has 0 aromatic heterocycles. The first-order chi connectivity index (χ1) is 5.59. The zero-order valence-corrected chi connectivity index (χ0v) is 8.39. The molecule has 0 heterocycles. The fraction of sp³-hybridized carbons (Fsp3) is 0.455. The average Bonchev–Trinajstić information content (AvgIpc) is 1.96. The minimum absolute atomic E-state index is 1.03. The van der Waals surface area contributed by atoms with Gasteiger partial charge in [0.2, 0.25) is 0 Å². The van der Waals surface area contributed by atoms with Crippen LogP contribution in [-0.2, 0) is 6.54 Å². The van der Waals surface area contributed by atoms with E-state index in [1.54, 1.807) is 0 Å². The molecule has 0 spiro atoms. The zero-order valence-electron chi connectivity index (χ0n) is 8.39. The van der Waals surface area contributed by atoms with Crippen molar-refractivity contribution in [3.8, 4) is 0 Å². The first-order valence-electron chi connectivity index (χ1n) is 4.30. The Balaban J connectivity index is 2.82. The van der Waals surface area contributed by atoms with Crippen molar-refractivity contribution in [2.45, 2.75) is 20.4 Å². The molecule has 12 heavy (non-hydrogen) atoms. The summed E-state index contributed by atoms with van der Waals surface area (Å²) in [4.78, 5) is 2.18. The van der Waals surface area contributed by atoms with E-state index < -0.39 is 0 Å². The normalized spacial score (nSPS) is 10.8. The lowest BCUT2D eigenvalue weighted by Gasteiger charge is -2.10. The molecule has 0 bridgehead atoms. The van der Waals surface area contributed by atoms with E-state index in [-0.39, 0.29) is 0 Å². The molecule has 0 saturated carbocycles. The zero-order chi connectivity index (χ0) is 9.14. The number of hydrogen-bond donors (Lipinski definition) is 0. The lowest BCUT2D eigenvalue weighted by molar-refractivity contribution is 0.402. The van der Waals surface area contributed by atoms with Crippen LogP contribution in [0.1, 0.15) is 16.7 Å². The van der Waals surface area contributed by atoms with Gasteiger partial charge in [-0.3, -0.25) is 0 Å². The quantitative estimate of drug-likeness (QED) is 0.647. The van der Waals surface area contributed by atoms with Crippen LogP contribution in [0.25, 0.3) is 0 Å². The highest BCUT2D eigenvalue weighted by Gasteiger charge is 1.96. The second-order valence-electron chi connectivity index (χ2n) is 3.66. The Morgan fingerprint density at radius 2 is 1.75 bits per heavy atom. The van der Waals surface area contributed by atoms with Crippen molar-refractivity contribution in [2.24, 2.45) is 0 Å². The van der Waals surface area contributed by atoms with Gasteiger partial charge < -0.3 is 4.90 Å². The van der Waals surface area contributed by atoms with Crippen LogP contribution in [0.4, 0.5) is 0 Å². The molecule has 0 saturated heterocycles. The van der Waals surface area contributed by atoms with E-state index >= 15 is 0 Å². The van der Waals surface area contributed by atoms with Gasteiger partial charge in [0.05, 0.1) is 0 Å². The first-order valence-corrected chi connectivity index (χ1v) is 4.30. The minimum atomic E-state index is 1.03. The van der Waals surface area contributed by atoms with Crippen molar-refractivity contribution < 1.29 is 0 Å². The number of aryl methyl sites for hydroxylation is 2. The lowest BCUT2D eigenvalue weighted by Crippen LogP contribution is -2.10. The van der Waals surface area contributed by atoms with Crippen molar-refractivity contribution in [3.05, 3.63) is 34.9 Å². The Bertz CT molecular complexity index is 264. The molecule has 0 aliphatic rings. The Morgan fingerprint density at radius 3 is 2.25 bits per heavy atom. The van der Waals surface area contributed by atoms with Gasteiger partial charge in [0.1, 0.15) is 0 Å². The van der Waals surface area contributed by atoms with Crippen LogP contribution in [0.15, 0.2) is 18.2 Å². The standard InChI is InChI=1S/C11H17N/c1-9-5-6-11(7-10(9)2)8-12(3)4/h5-7H,8H2,1-4H3. The highest BCUT2D eigenvalue weighted by molar-refractivity contribution is 5.29. The largest absolute Gasteiger partial charge is 0.305 e. The minimum Gasteiger partial charge on any atom is -0.305 e. The SMILES string of the molecule is Cc1ccc(CN(C)C)cc1C. The molecule has 66 valence electrons. The summed E-state index contributed by atoms with van der Waals surface area (Å²) in [5.74, 6) is 0. The van der Waals surface area contributed by atoms with E-state index in [1.165, 1.54) is 16.7 Å². The number of rotatable bonds is 2. The van der Waals surface area contributed by atoms with Crippen molar-refractivity contribution in [1.82, 2.24) is 4.90 Å². The fourth-order valence-electron chi connectivity index (χ4n) is 1.27. The molecular formula is C11H17N. The molecule has 1 aromatic rings. The molecule has 0 radical (unpaired) electrons. The van der Waals surface area contributed by atoms with Crippen molar-refractivity contribution in [3.63, 3.8) is 0 Å². The molecule has 0 fully saturated rings. The maximum Gasteiger partial charge on any atom is 0.0227 e. The summed E-state index contributed by atoms with van der Waals surface area (Å²) in [5, 5.41) is 0. The van der Waals surface area contributed by atoms with E-state index in [4.69, 9.17) is 0 Å². The molecule has 1 aromatic carbocycles. The van der Waals surface area contributed by atoms with Crippen LogP contribution < -0.4 is 0 Å². The van der Waals surface area contributed by atoms with Crippen molar-refractivity contribution >= 4 is 0 Å². The summed E-state index contributed by atoms with van der Waals surface area (Å²) >= 11 is 0. The summed E-state index contributed by atoms with van der Waals surface area (Å²) < 4.78 is 0. The fourth-order valence-corrected chi connectivity index (χ4v) is 1.27. The van der Waals surface area contributed by atoms with E-state index in [0.29, 0.717) is 0 Å². The van der Waals surface area contributed by atoms with Gasteiger partial charge in [0.25, 0.3) is 0 Å². The van der Waals surface area contributed by atoms with Gasteiger partial charge in [-0.2, -0.15) is 0 Å². The van der Waals surface area contributed by atoms with Gasteiger partial charge in [-0.05, 0) is 44.6 Å². The summed E-state index contributed by atoms with van der Waals surface area (Å²) in [6.45, 7) is 5.34. The van der Waals surface area contributed by atoms with E-state index in [9.17, 15) is 0 Å². The Hall–Kier alpha value is -0.820. The molecule has 1 nitrogen and oxygen atoms in total. The third-order valence-corrected chi connectivity index (χ3v) is 2.07. The molecule has 1 rings (SSSR count).